The van der Waals surface area contributed by atoms with Crippen molar-refractivity contribution in [2.75, 3.05) is 7.11 Å². The van der Waals surface area contributed by atoms with Crippen LogP contribution in [0.4, 0.5) is 5.69 Å². The maximum Gasteiger partial charge on any atom is 0.269 e. The summed E-state index contributed by atoms with van der Waals surface area (Å²) < 4.78 is 5.06. The van der Waals surface area contributed by atoms with Gasteiger partial charge in [0.15, 0.2) is 5.78 Å². The van der Waals surface area contributed by atoms with Crippen molar-refractivity contribution in [3.63, 3.8) is 0 Å². The number of carbonyl (C=O) groups excluding carboxylic acids is 1. The van der Waals surface area contributed by atoms with E-state index in [9.17, 15) is 14.9 Å². The van der Waals surface area contributed by atoms with E-state index in [4.69, 9.17) is 4.74 Å². The Morgan fingerprint density at radius 3 is 2.52 bits per heavy atom. The number of nitrogens with zero attached hydrogens (tertiary/aromatic N) is 1. The van der Waals surface area contributed by atoms with Crippen LogP contribution in [-0.4, -0.2) is 17.8 Å². The summed E-state index contributed by atoms with van der Waals surface area (Å²) in [5.74, 6) is 0.455. The number of nitro benzene ring substituents is 1. The zero-order chi connectivity index (χ0) is 15.2. The van der Waals surface area contributed by atoms with Crippen LogP contribution in [0.15, 0.2) is 54.6 Å². The molecule has 0 N–H and O–H groups in total. The van der Waals surface area contributed by atoms with Gasteiger partial charge < -0.3 is 4.74 Å². The molecule has 0 aromatic heterocycles. The third kappa shape index (κ3) is 3.76. The molecule has 0 amide bonds. The average molecular weight is 283 g/mol. The lowest BCUT2D eigenvalue weighted by atomic mass is 10.1. The SMILES string of the molecule is COc1cccc(C(=O)/C=C/c2ccc([N+](=O)[O-])cc2)c1. The predicted molar refractivity (Wildman–Crippen MR) is 79.5 cm³/mol. The first-order valence-corrected chi connectivity index (χ1v) is 6.21. The van der Waals surface area contributed by atoms with E-state index in [1.165, 1.54) is 25.3 Å². The number of hydrogen-bond acceptors (Lipinski definition) is 4. The molecule has 0 fully saturated rings. The highest BCUT2D eigenvalue weighted by atomic mass is 16.6. The fourth-order valence-electron chi connectivity index (χ4n) is 1.75. The van der Waals surface area contributed by atoms with Crippen LogP contribution in [0.5, 0.6) is 5.75 Å². The van der Waals surface area contributed by atoms with Crippen LogP contribution in [0.3, 0.4) is 0 Å². The minimum atomic E-state index is -0.463. The van der Waals surface area contributed by atoms with Gasteiger partial charge >= 0.3 is 0 Å². The molecule has 0 unspecified atom stereocenters. The van der Waals surface area contributed by atoms with Crippen molar-refractivity contribution in [1.82, 2.24) is 0 Å². The summed E-state index contributed by atoms with van der Waals surface area (Å²) in [5.41, 5.74) is 1.26. The maximum absolute atomic E-state index is 12.0. The van der Waals surface area contributed by atoms with Crippen molar-refractivity contribution in [1.29, 1.82) is 0 Å². The number of non-ortho nitro benzene ring substituents is 1. The summed E-state index contributed by atoms with van der Waals surface area (Å²) in [7, 11) is 1.54. The standard InChI is InChI=1S/C16H13NO4/c1-21-15-4-2-3-13(11-15)16(18)10-7-12-5-8-14(9-6-12)17(19)20/h2-11H,1H3/b10-7+. The summed E-state index contributed by atoms with van der Waals surface area (Å²) in [4.78, 5) is 22.1. The Bertz CT molecular complexity index is 690. The molecule has 0 bridgehead atoms. The van der Waals surface area contributed by atoms with E-state index >= 15 is 0 Å². The van der Waals surface area contributed by atoms with Crippen LogP contribution in [0.25, 0.3) is 6.08 Å². The van der Waals surface area contributed by atoms with E-state index in [-0.39, 0.29) is 11.5 Å². The number of rotatable bonds is 5. The molecule has 2 rings (SSSR count). The fourth-order valence-corrected chi connectivity index (χ4v) is 1.75. The van der Waals surface area contributed by atoms with Gasteiger partial charge in [-0.1, -0.05) is 18.2 Å². The highest BCUT2D eigenvalue weighted by Crippen LogP contribution is 2.15. The Labute approximate surface area is 121 Å². The predicted octanol–water partition coefficient (Wildman–Crippen LogP) is 3.50. The first-order chi connectivity index (χ1) is 10.1. The number of allylic oxidation sites excluding steroid dienone is 1. The van der Waals surface area contributed by atoms with Crippen LogP contribution >= 0.6 is 0 Å². The van der Waals surface area contributed by atoms with Gasteiger partial charge in [0, 0.05) is 17.7 Å². The Hall–Kier alpha value is -2.95. The summed E-state index contributed by atoms with van der Waals surface area (Å²) in [6.45, 7) is 0. The molecule has 2 aromatic carbocycles. The molecule has 0 saturated heterocycles. The smallest absolute Gasteiger partial charge is 0.269 e. The van der Waals surface area contributed by atoms with Gasteiger partial charge in [0.1, 0.15) is 5.75 Å². The topological polar surface area (TPSA) is 69.4 Å². The second-order valence-electron chi connectivity index (χ2n) is 4.28. The van der Waals surface area contributed by atoms with E-state index in [1.807, 2.05) is 0 Å². The highest BCUT2D eigenvalue weighted by Gasteiger charge is 2.04. The molecule has 0 radical (unpaired) electrons. The molecule has 5 nitrogen and oxygen atoms in total. The van der Waals surface area contributed by atoms with Gasteiger partial charge in [0.25, 0.3) is 5.69 Å². The Morgan fingerprint density at radius 1 is 1.19 bits per heavy atom. The Morgan fingerprint density at radius 2 is 1.90 bits per heavy atom. The minimum absolute atomic E-state index is 0.0197. The fraction of sp³-hybridized carbons (Fsp3) is 0.0625. The zero-order valence-electron chi connectivity index (χ0n) is 11.4. The minimum Gasteiger partial charge on any atom is -0.497 e. The van der Waals surface area contributed by atoms with Crippen molar-refractivity contribution in [3.05, 3.63) is 75.8 Å². The molecule has 21 heavy (non-hydrogen) atoms. The van der Waals surface area contributed by atoms with Crippen LogP contribution in [-0.2, 0) is 0 Å². The van der Waals surface area contributed by atoms with Crippen molar-refractivity contribution in [2.45, 2.75) is 0 Å². The van der Waals surface area contributed by atoms with Crippen molar-refractivity contribution >= 4 is 17.5 Å². The molecule has 0 saturated carbocycles. The lowest BCUT2D eigenvalue weighted by Crippen LogP contribution is -1.95. The van der Waals surface area contributed by atoms with Crippen molar-refractivity contribution in [2.24, 2.45) is 0 Å². The highest BCUT2D eigenvalue weighted by molar-refractivity contribution is 6.07. The van der Waals surface area contributed by atoms with Gasteiger partial charge in [-0.25, -0.2) is 0 Å². The second kappa shape index (κ2) is 6.47. The molecule has 0 aliphatic carbocycles. The monoisotopic (exact) mass is 283 g/mol. The summed E-state index contributed by atoms with van der Waals surface area (Å²) in [5, 5.41) is 10.5. The molecule has 0 aliphatic heterocycles. The van der Waals surface area contributed by atoms with Crippen LogP contribution in [0.1, 0.15) is 15.9 Å². The molecule has 0 spiro atoms. The van der Waals surface area contributed by atoms with Crippen LogP contribution < -0.4 is 4.74 Å². The van der Waals surface area contributed by atoms with Crippen molar-refractivity contribution in [3.8, 4) is 5.75 Å². The van der Waals surface area contributed by atoms with E-state index in [0.717, 1.165) is 5.56 Å². The number of carbonyl (C=O) groups is 1. The normalized spacial score (nSPS) is 10.5. The molecule has 0 atom stereocenters. The number of benzene rings is 2. The largest absolute Gasteiger partial charge is 0.497 e. The van der Waals surface area contributed by atoms with E-state index in [0.29, 0.717) is 11.3 Å². The number of nitro groups is 1. The number of ether oxygens (including phenoxy) is 1. The number of ketones is 1. The lowest BCUT2D eigenvalue weighted by molar-refractivity contribution is -0.384. The van der Waals surface area contributed by atoms with Gasteiger partial charge in [0.05, 0.1) is 12.0 Å². The third-order valence-corrected chi connectivity index (χ3v) is 2.89. The average Bonchev–Trinajstić information content (AvgIpc) is 2.53. The molecule has 106 valence electrons. The van der Waals surface area contributed by atoms with Gasteiger partial charge in [-0.2, -0.15) is 0 Å². The van der Waals surface area contributed by atoms with Crippen molar-refractivity contribution < 1.29 is 14.5 Å². The first-order valence-electron chi connectivity index (χ1n) is 6.21. The van der Waals surface area contributed by atoms with Gasteiger partial charge in [-0.05, 0) is 35.9 Å². The van der Waals surface area contributed by atoms with Crippen LogP contribution in [0.2, 0.25) is 0 Å². The first kappa shape index (κ1) is 14.5. The van der Waals surface area contributed by atoms with Crippen LogP contribution in [0, 0.1) is 10.1 Å². The Balaban J connectivity index is 2.12. The summed E-state index contributed by atoms with van der Waals surface area (Å²) in [6.07, 6.45) is 3.04. The van der Waals surface area contributed by atoms with E-state index in [1.54, 1.807) is 42.5 Å². The molecular formula is C16H13NO4. The van der Waals surface area contributed by atoms with E-state index < -0.39 is 4.92 Å². The van der Waals surface area contributed by atoms with Gasteiger partial charge in [-0.3, -0.25) is 14.9 Å². The van der Waals surface area contributed by atoms with Gasteiger partial charge in [-0.15, -0.1) is 0 Å². The maximum atomic E-state index is 12.0. The molecule has 5 heteroatoms. The molecule has 0 aliphatic rings. The quantitative estimate of drug-likeness (QED) is 0.364. The second-order valence-corrected chi connectivity index (χ2v) is 4.28. The molecule has 2 aromatic rings. The number of hydrogen-bond donors (Lipinski definition) is 0. The molecular weight excluding hydrogens is 270 g/mol. The lowest BCUT2D eigenvalue weighted by Gasteiger charge is -2.01. The molecule has 0 heterocycles. The van der Waals surface area contributed by atoms with E-state index in [2.05, 4.69) is 0 Å². The zero-order valence-corrected chi connectivity index (χ0v) is 11.4. The van der Waals surface area contributed by atoms with Gasteiger partial charge in [0.2, 0.25) is 0 Å². The number of methoxy groups -OCH3 is 1. The third-order valence-electron chi connectivity index (χ3n) is 2.89. The Kier molecular flexibility index (Phi) is 4.46. The summed E-state index contributed by atoms with van der Waals surface area (Å²) in [6, 6.07) is 12.8. The summed E-state index contributed by atoms with van der Waals surface area (Å²) >= 11 is 0.